The van der Waals surface area contributed by atoms with E-state index in [9.17, 15) is 9.59 Å². The zero-order valence-corrected chi connectivity index (χ0v) is 21.1. The summed E-state index contributed by atoms with van der Waals surface area (Å²) >= 11 is 0. The van der Waals surface area contributed by atoms with Crippen LogP contribution in [0.5, 0.6) is 23.0 Å². The highest BCUT2D eigenvalue weighted by Crippen LogP contribution is 2.27. The standard InChI is InChI=1S/C29H32O7/c1-20(30)27(33-3)18-21-6-10-23(11-7-21)35-16-5-17-36-24-12-8-22(9-13-24)29(31)26-15-14-25(32-2)19-28(26)34-4/h6-15,19,27H,5,16-18H2,1-4H3/t27-/m0/s1. The zero-order chi connectivity index (χ0) is 25.9. The summed E-state index contributed by atoms with van der Waals surface area (Å²) in [6.45, 7) is 2.51. The van der Waals surface area contributed by atoms with Gasteiger partial charge >= 0.3 is 0 Å². The molecule has 0 fully saturated rings. The van der Waals surface area contributed by atoms with Crippen molar-refractivity contribution in [2.75, 3.05) is 34.5 Å². The molecule has 0 aliphatic carbocycles. The topological polar surface area (TPSA) is 80.3 Å². The van der Waals surface area contributed by atoms with Gasteiger partial charge in [0.15, 0.2) is 11.6 Å². The Hall–Kier alpha value is -3.84. The number of benzene rings is 3. The SMILES string of the molecule is COc1ccc(C(=O)c2ccc(OCCCOc3ccc(C[C@H](OC)C(C)=O)cc3)cc2)c(OC)c1. The van der Waals surface area contributed by atoms with Crippen LogP contribution >= 0.6 is 0 Å². The van der Waals surface area contributed by atoms with Crippen LogP contribution in [0.4, 0.5) is 0 Å². The lowest BCUT2D eigenvalue weighted by Gasteiger charge is -2.12. The van der Waals surface area contributed by atoms with E-state index in [-0.39, 0.29) is 11.6 Å². The number of carbonyl (C=O) groups is 2. The Kier molecular flexibility index (Phi) is 9.89. The molecule has 0 spiro atoms. The Morgan fingerprint density at radius 2 is 1.33 bits per heavy atom. The van der Waals surface area contributed by atoms with E-state index in [4.69, 9.17) is 23.7 Å². The van der Waals surface area contributed by atoms with Crippen molar-refractivity contribution >= 4 is 11.6 Å². The normalized spacial score (nSPS) is 11.4. The minimum Gasteiger partial charge on any atom is -0.497 e. The van der Waals surface area contributed by atoms with Crippen LogP contribution in [0.25, 0.3) is 0 Å². The minimum atomic E-state index is -0.425. The quantitative estimate of drug-likeness (QED) is 0.233. The molecule has 0 radical (unpaired) electrons. The predicted molar refractivity (Wildman–Crippen MR) is 137 cm³/mol. The molecule has 0 saturated heterocycles. The molecule has 0 aliphatic rings. The molecule has 0 N–H and O–H groups in total. The highest BCUT2D eigenvalue weighted by atomic mass is 16.5. The number of hydrogen-bond acceptors (Lipinski definition) is 7. The third kappa shape index (κ3) is 7.33. The van der Waals surface area contributed by atoms with Gasteiger partial charge in [-0.3, -0.25) is 9.59 Å². The lowest BCUT2D eigenvalue weighted by atomic mass is 10.0. The van der Waals surface area contributed by atoms with Crippen LogP contribution in [0.15, 0.2) is 66.7 Å². The van der Waals surface area contributed by atoms with E-state index >= 15 is 0 Å². The van der Waals surface area contributed by atoms with E-state index in [2.05, 4.69) is 0 Å². The van der Waals surface area contributed by atoms with Gasteiger partial charge in [-0.25, -0.2) is 0 Å². The fourth-order valence-corrected chi connectivity index (χ4v) is 3.61. The summed E-state index contributed by atoms with van der Waals surface area (Å²) in [5.41, 5.74) is 2.02. The molecule has 0 saturated carbocycles. The highest BCUT2D eigenvalue weighted by molar-refractivity contribution is 6.10. The lowest BCUT2D eigenvalue weighted by Crippen LogP contribution is -2.22. The maximum absolute atomic E-state index is 12.9. The molecule has 0 unspecified atom stereocenters. The molecule has 3 rings (SSSR count). The Morgan fingerprint density at radius 3 is 1.86 bits per heavy atom. The molecule has 0 aromatic heterocycles. The van der Waals surface area contributed by atoms with Crippen molar-refractivity contribution in [1.82, 2.24) is 0 Å². The Balaban J connectivity index is 1.44. The highest BCUT2D eigenvalue weighted by Gasteiger charge is 2.16. The fourth-order valence-electron chi connectivity index (χ4n) is 3.61. The van der Waals surface area contributed by atoms with Crippen LogP contribution in [0.1, 0.15) is 34.8 Å². The van der Waals surface area contributed by atoms with Gasteiger partial charge in [0, 0.05) is 31.6 Å². The van der Waals surface area contributed by atoms with Crippen LogP contribution in [0.2, 0.25) is 0 Å². The largest absolute Gasteiger partial charge is 0.497 e. The second-order valence-corrected chi connectivity index (χ2v) is 8.15. The molecule has 0 heterocycles. The maximum atomic E-state index is 12.9. The Labute approximate surface area is 211 Å². The Bertz CT molecular complexity index is 1140. The van der Waals surface area contributed by atoms with Gasteiger partial charge in [-0.05, 0) is 61.0 Å². The van der Waals surface area contributed by atoms with Crippen LogP contribution in [-0.4, -0.2) is 52.2 Å². The summed E-state index contributed by atoms with van der Waals surface area (Å²) in [5.74, 6) is 2.39. The van der Waals surface area contributed by atoms with Crippen molar-refractivity contribution in [2.45, 2.75) is 25.9 Å². The van der Waals surface area contributed by atoms with Crippen LogP contribution in [0, 0.1) is 0 Å². The van der Waals surface area contributed by atoms with E-state index in [1.165, 1.54) is 14.0 Å². The Morgan fingerprint density at radius 1 is 0.750 bits per heavy atom. The van der Waals surface area contributed by atoms with Crippen molar-refractivity contribution in [3.63, 3.8) is 0 Å². The smallest absolute Gasteiger partial charge is 0.196 e. The molecule has 190 valence electrons. The van der Waals surface area contributed by atoms with Gasteiger partial charge in [-0.15, -0.1) is 0 Å². The van der Waals surface area contributed by atoms with Crippen LogP contribution in [0.3, 0.4) is 0 Å². The van der Waals surface area contributed by atoms with Gasteiger partial charge < -0.3 is 23.7 Å². The van der Waals surface area contributed by atoms with Crippen molar-refractivity contribution in [1.29, 1.82) is 0 Å². The number of carbonyl (C=O) groups excluding carboxylic acids is 2. The lowest BCUT2D eigenvalue weighted by molar-refractivity contribution is -0.126. The van der Waals surface area contributed by atoms with E-state index in [1.807, 2.05) is 24.3 Å². The second-order valence-electron chi connectivity index (χ2n) is 8.15. The number of methoxy groups -OCH3 is 3. The molecule has 7 heteroatoms. The molecular formula is C29H32O7. The monoisotopic (exact) mass is 492 g/mol. The second kappa shape index (κ2) is 13.3. The summed E-state index contributed by atoms with van der Waals surface area (Å²) in [5, 5.41) is 0. The first-order valence-corrected chi connectivity index (χ1v) is 11.7. The molecular weight excluding hydrogens is 460 g/mol. The molecule has 3 aromatic rings. The number of ketones is 2. The molecule has 36 heavy (non-hydrogen) atoms. The van der Waals surface area contributed by atoms with E-state index in [0.717, 1.165) is 11.3 Å². The zero-order valence-electron chi connectivity index (χ0n) is 21.1. The average Bonchev–Trinajstić information content (AvgIpc) is 2.91. The van der Waals surface area contributed by atoms with Gasteiger partial charge in [0.2, 0.25) is 0 Å². The number of Topliss-reactive ketones (excluding diaryl/α,β-unsaturated/α-hetero) is 1. The van der Waals surface area contributed by atoms with E-state index in [0.29, 0.717) is 54.4 Å². The first-order chi connectivity index (χ1) is 17.4. The molecule has 3 aromatic carbocycles. The first-order valence-electron chi connectivity index (χ1n) is 11.7. The summed E-state index contributed by atoms with van der Waals surface area (Å²) in [6.07, 6.45) is 0.811. The number of ether oxygens (including phenoxy) is 5. The minimum absolute atomic E-state index is 0.0107. The van der Waals surface area contributed by atoms with E-state index in [1.54, 1.807) is 56.7 Å². The molecule has 7 nitrogen and oxygen atoms in total. The van der Waals surface area contributed by atoms with Gasteiger partial charge in [0.25, 0.3) is 0 Å². The van der Waals surface area contributed by atoms with Crippen LogP contribution < -0.4 is 18.9 Å². The molecule has 1 atom stereocenters. The van der Waals surface area contributed by atoms with Gasteiger partial charge in [0.1, 0.15) is 29.1 Å². The predicted octanol–water partition coefficient (Wildman–Crippen LogP) is 4.93. The maximum Gasteiger partial charge on any atom is 0.196 e. The van der Waals surface area contributed by atoms with Crippen LogP contribution in [-0.2, 0) is 16.0 Å². The third-order valence-electron chi connectivity index (χ3n) is 5.68. The number of rotatable bonds is 14. The summed E-state index contributed by atoms with van der Waals surface area (Å²) in [6, 6.07) is 19.8. The number of hydrogen-bond donors (Lipinski definition) is 0. The summed E-state index contributed by atoms with van der Waals surface area (Å²) in [4.78, 5) is 24.4. The third-order valence-corrected chi connectivity index (χ3v) is 5.68. The van der Waals surface area contributed by atoms with Gasteiger partial charge in [-0.2, -0.15) is 0 Å². The summed E-state index contributed by atoms with van der Waals surface area (Å²) in [7, 11) is 4.63. The first kappa shape index (κ1) is 26.8. The summed E-state index contributed by atoms with van der Waals surface area (Å²) < 4.78 is 27.3. The average molecular weight is 493 g/mol. The van der Waals surface area contributed by atoms with Crippen molar-refractivity contribution in [3.8, 4) is 23.0 Å². The van der Waals surface area contributed by atoms with Gasteiger partial charge in [-0.1, -0.05) is 12.1 Å². The molecule has 0 bridgehead atoms. The van der Waals surface area contributed by atoms with Crippen molar-refractivity contribution in [3.05, 3.63) is 83.4 Å². The van der Waals surface area contributed by atoms with E-state index < -0.39 is 6.10 Å². The fraction of sp³-hybridized carbons (Fsp3) is 0.310. The van der Waals surface area contributed by atoms with Crippen molar-refractivity contribution < 1.29 is 33.3 Å². The molecule has 0 aliphatic heterocycles. The van der Waals surface area contributed by atoms with Gasteiger partial charge in [0.05, 0.1) is 33.0 Å². The van der Waals surface area contributed by atoms with Crippen molar-refractivity contribution in [2.24, 2.45) is 0 Å². The molecule has 0 amide bonds.